The van der Waals surface area contributed by atoms with E-state index in [0.717, 1.165) is 10.1 Å². The first-order valence-corrected chi connectivity index (χ1v) is 5.76. The fourth-order valence-electron chi connectivity index (χ4n) is 1.03. The van der Waals surface area contributed by atoms with E-state index in [9.17, 15) is 9.59 Å². The van der Waals surface area contributed by atoms with E-state index in [1.807, 2.05) is 6.92 Å². The Morgan fingerprint density at radius 3 is 2.22 bits per heavy atom. The highest BCUT2D eigenvalue weighted by molar-refractivity contribution is 5.81. The van der Waals surface area contributed by atoms with E-state index in [4.69, 9.17) is 9.57 Å². The maximum Gasteiger partial charge on any atom is 0.425 e. The molecule has 0 spiro atoms. The summed E-state index contributed by atoms with van der Waals surface area (Å²) in [5.74, 6) is -0.357. The van der Waals surface area contributed by atoms with E-state index >= 15 is 0 Å². The summed E-state index contributed by atoms with van der Waals surface area (Å²) in [4.78, 5) is 28.2. The van der Waals surface area contributed by atoms with Crippen molar-refractivity contribution in [3.63, 3.8) is 0 Å². The van der Waals surface area contributed by atoms with E-state index in [0.29, 0.717) is 6.54 Å². The second-order valence-corrected chi connectivity index (χ2v) is 4.65. The van der Waals surface area contributed by atoms with Gasteiger partial charge in [0.15, 0.2) is 0 Å². The second-order valence-electron chi connectivity index (χ2n) is 4.65. The minimum Gasteiger partial charge on any atom is -0.443 e. The first-order chi connectivity index (χ1) is 8.21. The molecule has 0 fully saturated rings. The van der Waals surface area contributed by atoms with Crippen LogP contribution in [0.2, 0.25) is 0 Å². The number of hydrazine groups is 1. The molecule has 0 rings (SSSR count). The Hall–Kier alpha value is -1.34. The first-order valence-electron chi connectivity index (χ1n) is 5.76. The molecule has 2 amide bonds. The van der Waals surface area contributed by atoms with Crippen LogP contribution in [-0.4, -0.2) is 54.9 Å². The number of nitrogens with one attached hydrogen (secondary N) is 1. The molecular weight excluding hydrogens is 238 g/mol. The molecule has 0 aliphatic carbocycles. The highest BCUT2D eigenvalue weighted by Gasteiger charge is 2.24. The van der Waals surface area contributed by atoms with Gasteiger partial charge in [-0.05, 0) is 20.8 Å². The molecule has 7 nitrogen and oxygen atoms in total. The molecule has 0 aromatic carbocycles. The van der Waals surface area contributed by atoms with Gasteiger partial charge in [0.05, 0.1) is 7.11 Å². The van der Waals surface area contributed by atoms with E-state index in [2.05, 4.69) is 5.43 Å². The van der Waals surface area contributed by atoms with Gasteiger partial charge in [0.1, 0.15) is 12.1 Å². The number of amides is 2. The summed E-state index contributed by atoms with van der Waals surface area (Å²) in [5.41, 5.74) is 2.16. The molecule has 1 N–H and O–H groups in total. The standard InChI is InChI=1S/C11H23N3O4/c1-7-12-14(8-9(15)13(5)17-6)10(16)18-11(2,3)4/h12H,7-8H2,1-6H3. The zero-order chi connectivity index (χ0) is 14.3. The third-order valence-electron chi connectivity index (χ3n) is 1.88. The van der Waals surface area contributed by atoms with Gasteiger partial charge in [0, 0.05) is 13.6 Å². The number of likely N-dealkylation sites (N-methyl/N-ethyl adjacent to an activating group) is 1. The Balaban J connectivity index is 4.56. The molecule has 0 heterocycles. The van der Waals surface area contributed by atoms with Crippen LogP contribution in [0.1, 0.15) is 27.7 Å². The number of hydroxylamine groups is 2. The lowest BCUT2D eigenvalue weighted by Crippen LogP contribution is -2.50. The lowest BCUT2D eigenvalue weighted by Gasteiger charge is -2.27. The molecule has 0 radical (unpaired) electrons. The maximum absolute atomic E-state index is 11.8. The molecule has 0 atom stereocenters. The van der Waals surface area contributed by atoms with Crippen molar-refractivity contribution in [2.75, 3.05) is 27.2 Å². The number of carbonyl (C=O) groups excluding carboxylic acids is 2. The molecule has 7 heteroatoms. The molecule has 0 aliphatic rings. The Morgan fingerprint density at radius 1 is 1.28 bits per heavy atom. The Kier molecular flexibility index (Phi) is 6.64. The normalized spacial score (nSPS) is 11.0. The van der Waals surface area contributed by atoms with Gasteiger partial charge >= 0.3 is 6.09 Å². The molecule has 0 unspecified atom stereocenters. The highest BCUT2D eigenvalue weighted by atomic mass is 16.7. The summed E-state index contributed by atoms with van der Waals surface area (Å²) in [7, 11) is 2.85. The number of nitrogens with zero attached hydrogens (tertiary/aromatic N) is 2. The van der Waals surface area contributed by atoms with Gasteiger partial charge in [0.2, 0.25) is 0 Å². The minimum atomic E-state index is -0.610. The second kappa shape index (κ2) is 7.17. The van der Waals surface area contributed by atoms with Gasteiger partial charge < -0.3 is 4.74 Å². The van der Waals surface area contributed by atoms with Crippen LogP contribution in [-0.2, 0) is 14.4 Å². The van der Waals surface area contributed by atoms with Crippen LogP contribution in [0.4, 0.5) is 4.79 Å². The van der Waals surface area contributed by atoms with Crippen molar-refractivity contribution in [2.45, 2.75) is 33.3 Å². The summed E-state index contributed by atoms with van der Waals surface area (Å²) in [5, 5.41) is 2.18. The predicted molar refractivity (Wildman–Crippen MR) is 66.4 cm³/mol. The van der Waals surface area contributed by atoms with Crippen molar-refractivity contribution >= 4 is 12.0 Å². The third kappa shape index (κ3) is 6.41. The summed E-state index contributed by atoms with van der Waals surface area (Å²) in [6, 6.07) is 0. The monoisotopic (exact) mass is 261 g/mol. The first kappa shape index (κ1) is 16.7. The smallest absolute Gasteiger partial charge is 0.425 e. The van der Waals surface area contributed by atoms with Gasteiger partial charge in [-0.25, -0.2) is 20.3 Å². The summed E-state index contributed by atoms with van der Waals surface area (Å²) >= 11 is 0. The average molecular weight is 261 g/mol. The van der Waals surface area contributed by atoms with Gasteiger partial charge in [-0.3, -0.25) is 9.63 Å². The highest BCUT2D eigenvalue weighted by Crippen LogP contribution is 2.09. The van der Waals surface area contributed by atoms with Crippen LogP contribution in [0.5, 0.6) is 0 Å². The largest absolute Gasteiger partial charge is 0.443 e. The van der Waals surface area contributed by atoms with Gasteiger partial charge in [0.25, 0.3) is 5.91 Å². The number of ether oxygens (including phenoxy) is 1. The maximum atomic E-state index is 11.8. The number of rotatable bonds is 5. The summed E-state index contributed by atoms with van der Waals surface area (Å²) < 4.78 is 5.18. The predicted octanol–water partition coefficient (Wildman–Crippen LogP) is 0.768. The molecule has 0 saturated heterocycles. The summed E-state index contributed by atoms with van der Waals surface area (Å²) in [6.07, 6.45) is -0.595. The summed E-state index contributed by atoms with van der Waals surface area (Å²) in [6.45, 7) is 7.45. The van der Waals surface area contributed by atoms with Gasteiger partial charge in [-0.15, -0.1) is 0 Å². The van der Waals surface area contributed by atoms with Gasteiger partial charge in [-0.1, -0.05) is 6.92 Å². The molecule has 0 aliphatic heterocycles. The molecule has 106 valence electrons. The topological polar surface area (TPSA) is 71.1 Å². The van der Waals surface area contributed by atoms with Crippen molar-refractivity contribution in [2.24, 2.45) is 0 Å². The number of hydrogen-bond donors (Lipinski definition) is 1. The van der Waals surface area contributed by atoms with E-state index < -0.39 is 11.7 Å². The Bertz CT molecular complexity index is 289. The Labute approximate surface area is 108 Å². The fraction of sp³-hybridized carbons (Fsp3) is 0.818. The molecule has 18 heavy (non-hydrogen) atoms. The van der Waals surface area contributed by atoms with Crippen LogP contribution in [0.3, 0.4) is 0 Å². The zero-order valence-electron chi connectivity index (χ0n) is 11.9. The molecule has 0 aromatic heterocycles. The molecule has 0 saturated carbocycles. The quantitative estimate of drug-likeness (QED) is 0.740. The zero-order valence-corrected chi connectivity index (χ0v) is 11.9. The van der Waals surface area contributed by atoms with Crippen LogP contribution >= 0.6 is 0 Å². The SMILES string of the molecule is CCNN(CC(=O)N(C)OC)C(=O)OC(C)(C)C. The van der Waals surface area contributed by atoms with Gasteiger partial charge in [-0.2, -0.15) is 0 Å². The van der Waals surface area contributed by atoms with Crippen molar-refractivity contribution in [3.8, 4) is 0 Å². The minimum absolute atomic E-state index is 0.160. The molecule has 0 aromatic rings. The fourth-order valence-corrected chi connectivity index (χ4v) is 1.03. The van der Waals surface area contributed by atoms with Crippen LogP contribution in [0.25, 0.3) is 0 Å². The van der Waals surface area contributed by atoms with Crippen molar-refractivity contribution in [3.05, 3.63) is 0 Å². The lowest BCUT2D eigenvalue weighted by molar-refractivity contribution is -0.170. The number of hydrogen-bond acceptors (Lipinski definition) is 5. The third-order valence-corrected chi connectivity index (χ3v) is 1.88. The number of carbonyl (C=O) groups is 2. The van der Waals surface area contributed by atoms with Crippen LogP contribution in [0, 0.1) is 0 Å². The van der Waals surface area contributed by atoms with E-state index in [-0.39, 0.29) is 12.5 Å². The van der Waals surface area contributed by atoms with Crippen molar-refractivity contribution in [1.82, 2.24) is 15.5 Å². The van der Waals surface area contributed by atoms with Crippen molar-refractivity contribution in [1.29, 1.82) is 0 Å². The lowest BCUT2D eigenvalue weighted by atomic mass is 10.2. The van der Waals surface area contributed by atoms with Crippen LogP contribution in [0.15, 0.2) is 0 Å². The van der Waals surface area contributed by atoms with E-state index in [1.165, 1.54) is 14.2 Å². The molecular formula is C11H23N3O4. The van der Waals surface area contributed by atoms with Crippen LogP contribution < -0.4 is 5.43 Å². The molecule has 0 bridgehead atoms. The Morgan fingerprint density at radius 2 is 1.83 bits per heavy atom. The average Bonchev–Trinajstić information content (AvgIpc) is 2.24. The van der Waals surface area contributed by atoms with E-state index in [1.54, 1.807) is 20.8 Å². The van der Waals surface area contributed by atoms with Crippen molar-refractivity contribution < 1.29 is 19.2 Å².